The second kappa shape index (κ2) is 8.45. The Morgan fingerprint density at radius 2 is 1.80 bits per heavy atom. The quantitative estimate of drug-likeness (QED) is 0.505. The fraction of sp³-hybridized carbons (Fsp3) is 0.0909. The van der Waals surface area contributed by atoms with Gasteiger partial charge in [0.05, 0.1) is 17.7 Å². The number of methoxy groups -OCH3 is 1. The molecule has 0 fully saturated rings. The smallest absolute Gasteiger partial charge is 0.278 e. The molecule has 0 spiro atoms. The van der Waals surface area contributed by atoms with Crippen molar-refractivity contribution < 1.29 is 18.3 Å². The molecule has 4 nitrogen and oxygen atoms in total. The van der Waals surface area contributed by atoms with E-state index in [4.69, 9.17) is 16.3 Å². The van der Waals surface area contributed by atoms with Crippen LogP contribution >= 0.6 is 23.4 Å². The zero-order valence-corrected chi connectivity index (χ0v) is 17.3. The summed E-state index contributed by atoms with van der Waals surface area (Å²) in [6.45, 7) is 0. The fourth-order valence-corrected chi connectivity index (χ4v) is 4.42. The van der Waals surface area contributed by atoms with Gasteiger partial charge in [0.1, 0.15) is 22.0 Å². The van der Waals surface area contributed by atoms with Crippen molar-refractivity contribution >= 4 is 34.3 Å². The maximum absolute atomic E-state index is 14.5. The lowest BCUT2D eigenvalue weighted by Gasteiger charge is -2.23. The third-order valence-corrected chi connectivity index (χ3v) is 6.04. The first-order valence-corrected chi connectivity index (χ1v) is 10.2. The minimum absolute atomic E-state index is 0.149. The molecule has 1 unspecified atom stereocenters. The summed E-state index contributed by atoms with van der Waals surface area (Å²) in [6.07, 6.45) is 0. The molecule has 4 rings (SSSR count). The lowest BCUT2D eigenvalue weighted by Crippen LogP contribution is -2.27. The summed E-state index contributed by atoms with van der Waals surface area (Å²) in [5.41, 5.74) is 1.15. The molecule has 30 heavy (non-hydrogen) atoms. The predicted molar refractivity (Wildman–Crippen MR) is 114 cm³/mol. The van der Waals surface area contributed by atoms with Crippen LogP contribution < -0.4 is 4.74 Å². The number of hydrogen-bond donors (Lipinski definition) is 0. The number of benzene rings is 3. The van der Waals surface area contributed by atoms with Gasteiger partial charge in [0.2, 0.25) is 0 Å². The van der Waals surface area contributed by atoms with E-state index in [0.717, 1.165) is 0 Å². The van der Waals surface area contributed by atoms with Crippen molar-refractivity contribution in [1.82, 2.24) is 5.01 Å². The molecule has 0 saturated heterocycles. The van der Waals surface area contributed by atoms with Gasteiger partial charge < -0.3 is 4.74 Å². The van der Waals surface area contributed by atoms with Crippen LogP contribution in [0.25, 0.3) is 0 Å². The van der Waals surface area contributed by atoms with Gasteiger partial charge in [0.25, 0.3) is 5.91 Å². The number of hydrogen-bond acceptors (Lipinski definition) is 4. The van der Waals surface area contributed by atoms with Crippen molar-refractivity contribution in [3.63, 3.8) is 0 Å². The highest BCUT2D eigenvalue weighted by atomic mass is 35.5. The first kappa shape index (κ1) is 20.4. The average Bonchev–Trinajstić information content (AvgIpc) is 3.21. The maximum Gasteiger partial charge on any atom is 0.278 e. The average molecular weight is 445 g/mol. The summed E-state index contributed by atoms with van der Waals surface area (Å²) in [5.74, 6) is -1.26. The van der Waals surface area contributed by atoms with Crippen LogP contribution in [-0.2, 0) is 0 Å². The molecule has 3 aromatic rings. The van der Waals surface area contributed by atoms with Crippen molar-refractivity contribution in [2.45, 2.75) is 5.37 Å². The highest BCUT2D eigenvalue weighted by molar-refractivity contribution is 8.14. The van der Waals surface area contributed by atoms with Crippen LogP contribution in [0.3, 0.4) is 0 Å². The van der Waals surface area contributed by atoms with Gasteiger partial charge in [-0.3, -0.25) is 4.79 Å². The molecule has 152 valence electrons. The van der Waals surface area contributed by atoms with Crippen molar-refractivity contribution in [3.8, 4) is 5.75 Å². The molecule has 1 aliphatic rings. The first-order chi connectivity index (χ1) is 14.5. The molecule has 0 radical (unpaired) electrons. The fourth-order valence-electron chi connectivity index (χ4n) is 3.06. The summed E-state index contributed by atoms with van der Waals surface area (Å²) in [5, 5.41) is 5.40. The van der Waals surface area contributed by atoms with E-state index < -0.39 is 17.1 Å². The summed E-state index contributed by atoms with van der Waals surface area (Å²) < 4.78 is 33.3. The number of halogens is 3. The van der Waals surface area contributed by atoms with E-state index in [1.807, 2.05) is 18.2 Å². The van der Waals surface area contributed by atoms with Gasteiger partial charge in [0, 0.05) is 11.1 Å². The molecule has 0 N–H and O–H groups in total. The highest BCUT2D eigenvalue weighted by Crippen LogP contribution is 2.45. The Bertz CT molecular complexity index is 1140. The molecular weight excluding hydrogens is 430 g/mol. The van der Waals surface area contributed by atoms with Crippen LogP contribution in [0.4, 0.5) is 8.78 Å². The van der Waals surface area contributed by atoms with E-state index in [9.17, 15) is 13.6 Å². The zero-order chi connectivity index (χ0) is 21.3. The van der Waals surface area contributed by atoms with Crippen molar-refractivity contribution in [1.29, 1.82) is 0 Å². The minimum Gasteiger partial charge on any atom is -0.496 e. The third kappa shape index (κ3) is 3.78. The number of para-hydroxylation sites is 1. The van der Waals surface area contributed by atoms with Crippen LogP contribution in [0, 0.1) is 11.6 Å². The number of amides is 1. The van der Waals surface area contributed by atoms with E-state index in [-0.39, 0.29) is 16.4 Å². The Hall–Kier alpha value is -2.90. The molecule has 3 aromatic carbocycles. The second-order valence-corrected chi connectivity index (χ2v) is 7.85. The molecule has 1 atom stereocenters. The number of nitrogens with zero attached hydrogens (tertiary/aromatic N) is 2. The lowest BCUT2D eigenvalue weighted by atomic mass is 10.1. The number of carbonyl (C=O) groups is 1. The van der Waals surface area contributed by atoms with Crippen molar-refractivity contribution in [2.24, 2.45) is 5.10 Å². The molecular formula is C22H15ClF2N2O2S. The summed E-state index contributed by atoms with van der Waals surface area (Å²) in [4.78, 5) is 13.2. The Kier molecular flexibility index (Phi) is 5.74. The third-order valence-electron chi connectivity index (χ3n) is 4.53. The minimum atomic E-state index is -0.807. The number of rotatable bonds is 4. The van der Waals surface area contributed by atoms with Gasteiger partial charge in [-0.15, -0.1) is 0 Å². The summed E-state index contributed by atoms with van der Waals surface area (Å²) in [6, 6.07) is 17.2. The normalized spacial score (nSPS) is 15.8. The molecule has 8 heteroatoms. The zero-order valence-electron chi connectivity index (χ0n) is 15.7. The maximum atomic E-state index is 14.5. The van der Waals surface area contributed by atoms with Gasteiger partial charge >= 0.3 is 0 Å². The van der Waals surface area contributed by atoms with Crippen molar-refractivity contribution in [2.75, 3.05) is 7.11 Å². The van der Waals surface area contributed by atoms with Crippen LogP contribution in [0.1, 0.15) is 26.9 Å². The Morgan fingerprint density at radius 3 is 2.53 bits per heavy atom. The Morgan fingerprint density at radius 1 is 1.07 bits per heavy atom. The SMILES string of the molecule is COc1ccccc1C1SC(c2ccc(F)cc2)=NN1C(=O)c1cccc(Cl)c1F. The van der Waals surface area contributed by atoms with Gasteiger partial charge in [-0.05, 0) is 42.5 Å². The van der Waals surface area contributed by atoms with E-state index in [1.165, 1.54) is 54.2 Å². The van der Waals surface area contributed by atoms with E-state index in [0.29, 0.717) is 21.9 Å². The standard InChI is InChI=1S/C22H15ClF2N2O2S/c1-29-18-8-3-2-5-15(18)22-27(21(28)16-6-4-7-17(23)19(16)25)26-20(30-22)13-9-11-14(24)12-10-13/h2-12,22H,1H3. The van der Waals surface area contributed by atoms with Crippen molar-refractivity contribution in [3.05, 3.63) is 100 Å². The van der Waals surface area contributed by atoms with E-state index >= 15 is 0 Å². The summed E-state index contributed by atoms with van der Waals surface area (Å²) >= 11 is 7.15. The predicted octanol–water partition coefficient (Wildman–Crippen LogP) is 5.88. The first-order valence-electron chi connectivity index (χ1n) is 8.91. The number of hydrazone groups is 1. The van der Waals surface area contributed by atoms with E-state index in [1.54, 1.807) is 18.2 Å². The van der Waals surface area contributed by atoms with Crippen LogP contribution in [0.2, 0.25) is 5.02 Å². The van der Waals surface area contributed by atoms with Crippen LogP contribution in [0.15, 0.2) is 71.8 Å². The van der Waals surface area contributed by atoms with Gasteiger partial charge in [-0.2, -0.15) is 5.10 Å². The van der Waals surface area contributed by atoms with E-state index in [2.05, 4.69) is 5.10 Å². The second-order valence-electron chi connectivity index (χ2n) is 6.38. The van der Waals surface area contributed by atoms with Gasteiger partial charge in [0.15, 0.2) is 5.82 Å². The topological polar surface area (TPSA) is 41.9 Å². The van der Waals surface area contributed by atoms with Crippen LogP contribution in [-0.4, -0.2) is 23.1 Å². The van der Waals surface area contributed by atoms with Gasteiger partial charge in [-0.25, -0.2) is 13.8 Å². The number of thioether (sulfide) groups is 1. The highest BCUT2D eigenvalue weighted by Gasteiger charge is 2.37. The lowest BCUT2D eigenvalue weighted by molar-refractivity contribution is 0.0743. The molecule has 0 saturated carbocycles. The number of carbonyl (C=O) groups excluding carboxylic acids is 1. The molecule has 1 aliphatic heterocycles. The summed E-state index contributed by atoms with van der Waals surface area (Å²) in [7, 11) is 1.53. The Labute approximate surface area is 181 Å². The largest absolute Gasteiger partial charge is 0.496 e. The molecule has 1 amide bonds. The Balaban J connectivity index is 1.80. The molecule has 0 aromatic heterocycles. The number of ether oxygens (including phenoxy) is 1. The van der Waals surface area contributed by atoms with Gasteiger partial charge in [-0.1, -0.05) is 47.6 Å². The van der Waals surface area contributed by atoms with Crippen LogP contribution in [0.5, 0.6) is 5.75 Å². The monoisotopic (exact) mass is 444 g/mol. The molecule has 0 bridgehead atoms. The molecule has 0 aliphatic carbocycles. The molecule has 1 heterocycles.